The number of carbonyl (C=O) groups excluding carboxylic acids is 2. The molecule has 1 aliphatic carbocycles. The van der Waals surface area contributed by atoms with E-state index in [-0.39, 0.29) is 43.6 Å². The molecule has 1 aliphatic heterocycles. The second-order valence-electron chi connectivity index (χ2n) is 8.91. The SMILES string of the molecule is CC(CCNC(=O)OCC1c2ccccc2-c2ccccc21)C(=O)NC[C@H]1C[C@@H](C(=O)O)CO1. The Morgan fingerprint density at radius 1 is 1.06 bits per heavy atom. The van der Waals surface area contributed by atoms with Gasteiger partial charge >= 0.3 is 12.1 Å². The third-order valence-corrected chi connectivity index (χ3v) is 6.57. The maximum absolute atomic E-state index is 12.3. The lowest BCUT2D eigenvalue weighted by atomic mass is 9.98. The van der Waals surface area contributed by atoms with Crippen molar-refractivity contribution in [2.75, 3.05) is 26.3 Å². The van der Waals surface area contributed by atoms with Gasteiger partial charge in [-0.3, -0.25) is 9.59 Å². The first-order chi connectivity index (χ1) is 16.4. The van der Waals surface area contributed by atoms with Crippen molar-refractivity contribution in [3.05, 3.63) is 59.7 Å². The molecule has 180 valence electrons. The molecule has 4 rings (SSSR count). The van der Waals surface area contributed by atoms with E-state index in [1.54, 1.807) is 6.92 Å². The Bertz CT molecular complexity index is 1010. The van der Waals surface area contributed by atoms with Crippen LogP contribution in [-0.2, 0) is 19.1 Å². The van der Waals surface area contributed by atoms with Gasteiger partial charge < -0.3 is 25.2 Å². The number of fused-ring (bicyclic) bond motifs is 3. The van der Waals surface area contributed by atoms with Crippen LogP contribution in [0, 0.1) is 11.8 Å². The molecule has 8 nitrogen and oxygen atoms in total. The van der Waals surface area contributed by atoms with E-state index in [1.807, 2.05) is 24.3 Å². The summed E-state index contributed by atoms with van der Waals surface area (Å²) >= 11 is 0. The lowest BCUT2D eigenvalue weighted by Gasteiger charge is -2.16. The molecule has 0 bridgehead atoms. The van der Waals surface area contributed by atoms with Gasteiger partial charge in [0.1, 0.15) is 6.61 Å². The predicted molar refractivity (Wildman–Crippen MR) is 125 cm³/mol. The van der Waals surface area contributed by atoms with Crippen LogP contribution >= 0.6 is 0 Å². The third-order valence-electron chi connectivity index (χ3n) is 6.57. The molecule has 1 saturated heterocycles. The summed E-state index contributed by atoms with van der Waals surface area (Å²) in [5.74, 6) is -1.86. The summed E-state index contributed by atoms with van der Waals surface area (Å²) in [6, 6.07) is 16.3. The van der Waals surface area contributed by atoms with Gasteiger partial charge in [0.15, 0.2) is 0 Å². The van der Waals surface area contributed by atoms with E-state index in [9.17, 15) is 14.4 Å². The van der Waals surface area contributed by atoms with Crippen molar-refractivity contribution < 1.29 is 29.0 Å². The second-order valence-corrected chi connectivity index (χ2v) is 8.91. The smallest absolute Gasteiger partial charge is 0.407 e. The van der Waals surface area contributed by atoms with Crippen molar-refractivity contribution in [1.29, 1.82) is 0 Å². The minimum atomic E-state index is -0.874. The van der Waals surface area contributed by atoms with Crippen LogP contribution in [0.4, 0.5) is 4.79 Å². The monoisotopic (exact) mass is 466 g/mol. The van der Waals surface area contributed by atoms with Crippen LogP contribution < -0.4 is 10.6 Å². The normalized spacial score (nSPS) is 19.7. The van der Waals surface area contributed by atoms with Gasteiger partial charge in [0, 0.05) is 24.9 Å². The number of hydrogen-bond donors (Lipinski definition) is 3. The molecule has 1 unspecified atom stereocenters. The van der Waals surface area contributed by atoms with Crippen molar-refractivity contribution in [2.45, 2.75) is 31.8 Å². The molecule has 2 aliphatic rings. The zero-order valence-electron chi connectivity index (χ0n) is 19.2. The van der Waals surface area contributed by atoms with E-state index in [0.717, 1.165) is 11.1 Å². The molecule has 0 aromatic heterocycles. The number of alkyl carbamates (subject to hydrolysis) is 1. The largest absolute Gasteiger partial charge is 0.481 e. The molecule has 2 amide bonds. The fourth-order valence-corrected chi connectivity index (χ4v) is 4.58. The summed E-state index contributed by atoms with van der Waals surface area (Å²) in [7, 11) is 0. The molecule has 34 heavy (non-hydrogen) atoms. The summed E-state index contributed by atoms with van der Waals surface area (Å²) in [6.07, 6.45) is 0.0665. The van der Waals surface area contributed by atoms with Crippen molar-refractivity contribution in [2.24, 2.45) is 11.8 Å². The van der Waals surface area contributed by atoms with Gasteiger partial charge in [-0.2, -0.15) is 0 Å². The fourth-order valence-electron chi connectivity index (χ4n) is 4.58. The molecule has 3 N–H and O–H groups in total. The van der Waals surface area contributed by atoms with Crippen LogP contribution in [-0.4, -0.2) is 55.5 Å². The topological polar surface area (TPSA) is 114 Å². The number of carboxylic acid groups (broad SMARTS) is 1. The van der Waals surface area contributed by atoms with E-state index in [4.69, 9.17) is 14.6 Å². The molecule has 0 radical (unpaired) electrons. The highest BCUT2D eigenvalue weighted by atomic mass is 16.5. The number of carbonyl (C=O) groups is 3. The maximum atomic E-state index is 12.3. The summed E-state index contributed by atoms with van der Waals surface area (Å²) in [5, 5.41) is 14.5. The lowest BCUT2D eigenvalue weighted by Crippen LogP contribution is -2.37. The lowest BCUT2D eigenvalue weighted by molar-refractivity contribution is -0.141. The molecular formula is C26H30N2O6. The minimum absolute atomic E-state index is 0.00128. The summed E-state index contributed by atoms with van der Waals surface area (Å²) in [4.78, 5) is 35.5. The number of carboxylic acids is 1. The Morgan fingerprint density at radius 3 is 2.32 bits per heavy atom. The van der Waals surface area contributed by atoms with E-state index < -0.39 is 18.0 Å². The Hall–Kier alpha value is -3.39. The van der Waals surface area contributed by atoms with Gasteiger partial charge in [0.2, 0.25) is 5.91 Å². The van der Waals surface area contributed by atoms with Crippen LogP contribution in [0.25, 0.3) is 11.1 Å². The van der Waals surface area contributed by atoms with Gasteiger partial charge in [-0.05, 0) is 35.1 Å². The average molecular weight is 467 g/mol. The molecule has 0 saturated carbocycles. The van der Waals surface area contributed by atoms with Crippen LogP contribution in [0.2, 0.25) is 0 Å². The molecule has 1 fully saturated rings. The number of amides is 2. The van der Waals surface area contributed by atoms with E-state index >= 15 is 0 Å². The van der Waals surface area contributed by atoms with Gasteiger partial charge in [-0.1, -0.05) is 55.5 Å². The first kappa shape index (κ1) is 23.8. The first-order valence-corrected chi connectivity index (χ1v) is 11.6. The Kier molecular flexibility index (Phi) is 7.47. The van der Waals surface area contributed by atoms with E-state index in [2.05, 4.69) is 34.9 Å². The van der Waals surface area contributed by atoms with Crippen molar-refractivity contribution in [3.63, 3.8) is 0 Å². The fraction of sp³-hybridized carbons (Fsp3) is 0.423. The molecular weight excluding hydrogens is 436 g/mol. The van der Waals surface area contributed by atoms with E-state index in [0.29, 0.717) is 19.4 Å². The predicted octanol–water partition coefficient (Wildman–Crippen LogP) is 3.16. The average Bonchev–Trinajstić information content (AvgIpc) is 3.44. The number of rotatable bonds is 9. The number of benzene rings is 2. The van der Waals surface area contributed by atoms with E-state index in [1.165, 1.54) is 11.1 Å². The highest BCUT2D eigenvalue weighted by Crippen LogP contribution is 2.44. The molecule has 3 atom stereocenters. The van der Waals surface area contributed by atoms with Crippen LogP contribution in [0.3, 0.4) is 0 Å². The number of nitrogens with one attached hydrogen (secondary N) is 2. The summed E-state index contributed by atoms with van der Waals surface area (Å²) in [6.45, 7) is 2.80. The molecule has 2 aromatic carbocycles. The highest BCUT2D eigenvalue weighted by molar-refractivity contribution is 5.79. The number of ether oxygens (including phenoxy) is 2. The summed E-state index contributed by atoms with van der Waals surface area (Å²) in [5.41, 5.74) is 4.66. The van der Waals surface area contributed by atoms with Crippen molar-refractivity contribution >= 4 is 18.0 Å². The Morgan fingerprint density at radius 2 is 1.71 bits per heavy atom. The Labute approximate surface area is 198 Å². The van der Waals surface area contributed by atoms with Crippen LogP contribution in [0.15, 0.2) is 48.5 Å². The van der Waals surface area contributed by atoms with Crippen molar-refractivity contribution in [1.82, 2.24) is 10.6 Å². The van der Waals surface area contributed by atoms with Gasteiger partial charge in [0.05, 0.1) is 18.6 Å². The molecule has 8 heteroatoms. The zero-order chi connectivity index (χ0) is 24.1. The zero-order valence-corrected chi connectivity index (χ0v) is 19.2. The van der Waals surface area contributed by atoms with Crippen LogP contribution in [0.1, 0.15) is 36.8 Å². The van der Waals surface area contributed by atoms with Crippen LogP contribution in [0.5, 0.6) is 0 Å². The standard InChI is InChI=1S/C26H30N2O6/c1-16(24(29)28-13-18-12-17(14-33-18)25(30)31)10-11-27-26(32)34-15-23-21-8-4-2-6-19(21)20-7-3-5-9-22(20)23/h2-9,16-18,23H,10-15H2,1H3,(H,27,32)(H,28,29)(H,30,31)/t16?,17-,18-/m1/s1. The van der Waals surface area contributed by atoms with Gasteiger partial charge in [-0.15, -0.1) is 0 Å². The second kappa shape index (κ2) is 10.7. The Balaban J connectivity index is 1.17. The number of hydrogen-bond acceptors (Lipinski definition) is 5. The van der Waals surface area contributed by atoms with Gasteiger partial charge in [0.25, 0.3) is 0 Å². The molecule has 0 spiro atoms. The minimum Gasteiger partial charge on any atom is -0.481 e. The maximum Gasteiger partial charge on any atom is 0.407 e. The van der Waals surface area contributed by atoms with Gasteiger partial charge in [-0.25, -0.2) is 4.79 Å². The highest BCUT2D eigenvalue weighted by Gasteiger charge is 2.31. The number of aliphatic carboxylic acids is 1. The molecule has 2 aromatic rings. The summed E-state index contributed by atoms with van der Waals surface area (Å²) < 4.78 is 10.9. The third kappa shape index (κ3) is 5.39. The van der Waals surface area contributed by atoms with Crippen molar-refractivity contribution in [3.8, 4) is 11.1 Å². The first-order valence-electron chi connectivity index (χ1n) is 11.6. The quantitative estimate of drug-likeness (QED) is 0.523. The molecule has 1 heterocycles.